The monoisotopic (exact) mass is 351 g/mol. The zero-order valence-corrected chi connectivity index (χ0v) is 14.7. The summed E-state index contributed by atoms with van der Waals surface area (Å²) in [7, 11) is 0. The van der Waals surface area contributed by atoms with Crippen LogP contribution < -0.4 is 16.0 Å². The van der Waals surface area contributed by atoms with E-state index in [1.165, 1.54) is 24.9 Å². The number of nitrogens with one attached hydrogen (secondary N) is 3. The molecule has 0 aliphatic carbocycles. The Kier molecular flexibility index (Phi) is 7.21. The highest BCUT2D eigenvalue weighted by atomic mass is 35.5. The van der Waals surface area contributed by atoms with Crippen LogP contribution in [0.15, 0.2) is 30.6 Å². The van der Waals surface area contributed by atoms with Gasteiger partial charge in [-0.2, -0.15) is 0 Å². The zero-order valence-electron chi connectivity index (χ0n) is 13.9. The van der Waals surface area contributed by atoms with Crippen molar-refractivity contribution in [3.63, 3.8) is 0 Å². The summed E-state index contributed by atoms with van der Waals surface area (Å²) in [6, 6.07) is 6.64. The van der Waals surface area contributed by atoms with E-state index < -0.39 is 5.82 Å². The van der Waals surface area contributed by atoms with Crippen LogP contribution in [-0.4, -0.2) is 29.1 Å². The highest BCUT2D eigenvalue weighted by Gasteiger charge is 2.14. The summed E-state index contributed by atoms with van der Waals surface area (Å²) in [6.45, 7) is 6.20. The minimum Gasteiger partial charge on any atom is -0.366 e. The first-order chi connectivity index (χ1) is 11.6. The fourth-order valence-corrected chi connectivity index (χ4v) is 2.39. The largest absolute Gasteiger partial charge is 0.366 e. The van der Waals surface area contributed by atoms with Gasteiger partial charge >= 0.3 is 0 Å². The summed E-state index contributed by atoms with van der Waals surface area (Å²) < 4.78 is 13.1. The van der Waals surface area contributed by atoms with E-state index in [1.54, 1.807) is 6.07 Å². The second-order valence-corrected chi connectivity index (χ2v) is 5.99. The van der Waals surface area contributed by atoms with Crippen molar-refractivity contribution in [3.05, 3.63) is 41.4 Å². The number of halogens is 2. The maximum Gasteiger partial charge on any atom is 0.141 e. The van der Waals surface area contributed by atoms with Crippen molar-refractivity contribution in [1.29, 1.82) is 0 Å². The molecule has 1 fully saturated rings. The number of anilines is 3. The van der Waals surface area contributed by atoms with Gasteiger partial charge in [0.1, 0.15) is 23.8 Å². The molecule has 1 unspecified atom stereocenters. The van der Waals surface area contributed by atoms with Crippen molar-refractivity contribution >= 4 is 28.9 Å². The Morgan fingerprint density at radius 3 is 2.67 bits per heavy atom. The maximum atomic E-state index is 13.1. The lowest BCUT2D eigenvalue weighted by Gasteiger charge is -2.13. The molecule has 0 bridgehead atoms. The van der Waals surface area contributed by atoms with E-state index >= 15 is 0 Å². The van der Waals surface area contributed by atoms with Gasteiger partial charge in [-0.25, -0.2) is 14.4 Å². The molecule has 1 atom stereocenters. The molecule has 24 heavy (non-hydrogen) atoms. The fraction of sp³-hybridized carbons (Fsp3) is 0.412. The third-order valence-electron chi connectivity index (χ3n) is 3.27. The Bertz CT molecular complexity index is 647. The summed E-state index contributed by atoms with van der Waals surface area (Å²) in [5.41, 5.74) is 0.675. The fourth-order valence-electron chi connectivity index (χ4n) is 2.21. The van der Waals surface area contributed by atoms with Crippen LogP contribution in [-0.2, 0) is 0 Å². The molecule has 0 amide bonds. The second-order valence-electron chi connectivity index (χ2n) is 5.58. The topological polar surface area (TPSA) is 61.9 Å². The minimum absolute atomic E-state index is 0.0736. The van der Waals surface area contributed by atoms with E-state index in [2.05, 4.69) is 39.8 Å². The molecule has 5 nitrogen and oxygen atoms in total. The van der Waals surface area contributed by atoms with E-state index in [0.717, 1.165) is 25.3 Å². The highest BCUT2D eigenvalue weighted by Crippen LogP contribution is 2.22. The van der Waals surface area contributed by atoms with Crippen molar-refractivity contribution in [1.82, 2.24) is 15.3 Å². The van der Waals surface area contributed by atoms with Crippen LogP contribution in [0.2, 0.25) is 5.02 Å². The van der Waals surface area contributed by atoms with Crippen LogP contribution in [0, 0.1) is 5.82 Å². The van der Waals surface area contributed by atoms with Crippen LogP contribution in [0.5, 0.6) is 0 Å². The molecular weight excluding hydrogens is 329 g/mol. The van der Waals surface area contributed by atoms with Crippen LogP contribution in [0.1, 0.15) is 26.7 Å². The Morgan fingerprint density at radius 1 is 1.25 bits per heavy atom. The van der Waals surface area contributed by atoms with Gasteiger partial charge in [0.25, 0.3) is 0 Å². The van der Waals surface area contributed by atoms with Crippen molar-refractivity contribution < 1.29 is 4.39 Å². The molecule has 1 aromatic carbocycles. The standard InChI is InChI=1S/C14H15ClFN5.C3H8/c15-11-5-9(1-2-12(11)16)20-13-6-14(19-8-18-13)21-10-3-4-17-7-10;1-3-2/h1-2,5-6,8,10,17H,3-4,7H2,(H2,18,19,20,21);3H2,1-2H3. The molecule has 0 spiro atoms. The molecule has 1 aliphatic rings. The van der Waals surface area contributed by atoms with E-state index in [4.69, 9.17) is 11.6 Å². The van der Waals surface area contributed by atoms with Gasteiger partial charge in [-0.3, -0.25) is 0 Å². The average Bonchev–Trinajstić information content (AvgIpc) is 3.05. The molecule has 0 saturated carbocycles. The molecule has 1 saturated heterocycles. The van der Waals surface area contributed by atoms with Gasteiger partial charge in [0, 0.05) is 24.3 Å². The van der Waals surface area contributed by atoms with Gasteiger partial charge in [0.2, 0.25) is 0 Å². The lowest BCUT2D eigenvalue weighted by Crippen LogP contribution is -2.22. The van der Waals surface area contributed by atoms with E-state index in [9.17, 15) is 4.39 Å². The third-order valence-corrected chi connectivity index (χ3v) is 3.56. The zero-order chi connectivity index (χ0) is 17.4. The molecule has 130 valence electrons. The van der Waals surface area contributed by atoms with Crippen molar-refractivity contribution in [2.75, 3.05) is 23.7 Å². The Balaban J connectivity index is 0.000000647. The summed E-state index contributed by atoms with van der Waals surface area (Å²) >= 11 is 5.76. The van der Waals surface area contributed by atoms with E-state index in [-0.39, 0.29) is 5.02 Å². The average molecular weight is 352 g/mol. The molecule has 1 aliphatic heterocycles. The lowest BCUT2D eigenvalue weighted by atomic mass is 10.2. The summed E-state index contributed by atoms with van der Waals surface area (Å²) in [5.74, 6) is 0.941. The molecule has 3 rings (SSSR count). The first-order valence-corrected chi connectivity index (χ1v) is 8.51. The SMILES string of the molecule is CCC.Fc1ccc(Nc2cc(NC3CCNC3)ncn2)cc1Cl. The summed E-state index contributed by atoms with van der Waals surface area (Å²) in [6.07, 6.45) is 3.80. The van der Waals surface area contributed by atoms with Crippen LogP contribution in [0.4, 0.5) is 21.7 Å². The van der Waals surface area contributed by atoms with Gasteiger partial charge in [-0.1, -0.05) is 31.9 Å². The normalized spacial score (nSPS) is 16.2. The quantitative estimate of drug-likeness (QED) is 0.770. The molecule has 1 aromatic heterocycles. The van der Waals surface area contributed by atoms with E-state index in [0.29, 0.717) is 17.5 Å². The Labute approximate surface area is 147 Å². The van der Waals surface area contributed by atoms with Crippen LogP contribution in [0.3, 0.4) is 0 Å². The lowest BCUT2D eigenvalue weighted by molar-refractivity contribution is 0.628. The Hall–Kier alpha value is -1.92. The molecule has 2 heterocycles. The Morgan fingerprint density at radius 2 is 2.00 bits per heavy atom. The van der Waals surface area contributed by atoms with Crippen LogP contribution in [0.25, 0.3) is 0 Å². The van der Waals surface area contributed by atoms with Gasteiger partial charge < -0.3 is 16.0 Å². The number of hydrogen-bond acceptors (Lipinski definition) is 5. The number of nitrogens with zero attached hydrogens (tertiary/aromatic N) is 2. The molecule has 2 aromatic rings. The van der Waals surface area contributed by atoms with E-state index in [1.807, 2.05) is 6.07 Å². The first kappa shape index (κ1) is 18.4. The maximum absolute atomic E-state index is 13.1. The predicted molar refractivity (Wildman–Crippen MR) is 97.6 cm³/mol. The highest BCUT2D eigenvalue weighted by molar-refractivity contribution is 6.31. The molecule has 3 N–H and O–H groups in total. The molecule has 7 heteroatoms. The van der Waals surface area contributed by atoms with Gasteiger partial charge in [-0.05, 0) is 31.2 Å². The van der Waals surface area contributed by atoms with Crippen molar-refractivity contribution in [2.45, 2.75) is 32.7 Å². The third kappa shape index (κ3) is 5.62. The van der Waals surface area contributed by atoms with Crippen molar-refractivity contribution in [2.24, 2.45) is 0 Å². The number of aromatic nitrogens is 2. The van der Waals surface area contributed by atoms with Crippen molar-refractivity contribution in [3.8, 4) is 0 Å². The number of rotatable bonds is 4. The molecular formula is C17H23ClFN5. The number of hydrogen-bond donors (Lipinski definition) is 3. The van der Waals surface area contributed by atoms with Gasteiger partial charge in [-0.15, -0.1) is 0 Å². The smallest absolute Gasteiger partial charge is 0.141 e. The summed E-state index contributed by atoms with van der Waals surface area (Å²) in [4.78, 5) is 8.35. The minimum atomic E-state index is -0.444. The predicted octanol–water partition coefficient (Wildman–Crippen LogP) is 4.20. The number of benzene rings is 1. The first-order valence-electron chi connectivity index (χ1n) is 8.13. The van der Waals surface area contributed by atoms with Crippen LogP contribution >= 0.6 is 11.6 Å². The van der Waals surface area contributed by atoms with Gasteiger partial charge in [0.15, 0.2) is 0 Å². The van der Waals surface area contributed by atoms with Gasteiger partial charge in [0.05, 0.1) is 5.02 Å². The second kappa shape index (κ2) is 9.39. The summed E-state index contributed by atoms with van der Waals surface area (Å²) in [5, 5.41) is 9.79. The molecule has 0 radical (unpaired) electrons.